The number of para-hydroxylation sites is 2. The van der Waals surface area contributed by atoms with Gasteiger partial charge in [-0.3, -0.25) is 18.2 Å². The van der Waals surface area contributed by atoms with Gasteiger partial charge in [0.05, 0.1) is 30.2 Å². The van der Waals surface area contributed by atoms with E-state index in [0.717, 1.165) is 58.0 Å². The van der Waals surface area contributed by atoms with Crippen molar-refractivity contribution in [2.24, 2.45) is 0 Å². The molecule has 2 heterocycles. The zero-order valence-electron chi connectivity index (χ0n) is 34.6. The Hall–Kier alpha value is -6.72. The van der Waals surface area contributed by atoms with E-state index < -0.39 is 82.8 Å². The van der Waals surface area contributed by atoms with Crippen LogP contribution in [0.2, 0.25) is 0 Å². The molecule has 2 aromatic heterocycles. The van der Waals surface area contributed by atoms with Gasteiger partial charge in [-0.15, -0.1) is 22.7 Å². The molecule has 0 saturated carbocycles. The van der Waals surface area contributed by atoms with Gasteiger partial charge in [0, 0.05) is 54.9 Å². The van der Waals surface area contributed by atoms with Crippen molar-refractivity contribution in [1.82, 2.24) is 9.97 Å². The van der Waals surface area contributed by atoms with Gasteiger partial charge in [-0.05, 0) is 73.5 Å². The highest BCUT2D eigenvalue weighted by Gasteiger charge is 2.25. The maximum atomic E-state index is 13.4. The number of nitroso groups, excluding NO2 is 2. The minimum Gasteiger partial charge on any atom is -0.353 e. The molecule has 4 N–H and O–H groups in total. The summed E-state index contributed by atoms with van der Waals surface area (Å²) in [6.07, 6.45) is 1.97. The van der Waals surface area contributed by atoms with E-state index in [2.05, 4.69) is 20.8 Å². The normalized spacial score (nSPS) is 12.5. The van der Waals surface area contributed by atoms with Crippen LogP contribution in [0.25, 0.3) is 64.6 Å². The number of rotatable bonds is 14. The molecule has 8 aromatic rings. The zero-order chi connectivity index (χ0) is 49.1. The summed E-state index contributed by atoms with van der Waals surface area (Å²) < 4.78 is 143. The van der Waals surface area contributed by atoms with Crippen molar-refractivity contribution < 1.29 is 61.6 Å². The minimum atomic E-state index is -5.17. The molecular formula is C42H30N6O14S6. The van der Waals surface area contributed by atoms with Crippen LogP contribution in [0.3, 0.4) is 0 Å². The summed E-state index contributed by atoms with van der Waals surface area (Å²) in [5.41, 5.74) is 6.89. The van der Waals surface area contributed by atoms with Gasteiger partial charge in [-0.1, -0.05) is 71.1 Å². The topological polar surface area (TPSA) is 312 Å². The summed E-state index contributed by atoms with van der Waals surface area (Å²) in [7, 11) is -20.4. The molecule has 0 atom stereocenters. The van der Waals surface area contributed by atoms with E-state index in [-0.39, 0.29) is 43.1 Å². The first kappa shape index (κ1) is 47.8. The fraction of sp³-hybridized carbons (Fsp3) is 0.0476. The lowest BCUT2D eigenvalue weighted by Gasteiger charge is -2.19. The van der Waals surface area contributed by atoms with Crippen LogP contribution in [-0.4, -0.2) is 71.6 Å². The highest BCUT2D eigenvalue weighted by molar-refractivity contribution is 7.86. The number of nitrogens with zero attached hydrogens (tertiary/aromatic N) is 6. The number of aromatic nitrogens is 2. The lowest BCUT2D eigenvalue weighted by Crippen LogP contribution is -2.05. The van der Waals surface area contributed by atoms with Crippen LogP contribution in [0.5, 0.6) is 0 Å². The molecular weight excluding hydrogens is 1000 g/mol. The van der Waals surface area contributed by atoms with Gasteiger partial charge >= 0.3 is 0 Å². The maximum absolute atomic E-state index is 13.4. The van der Waals surface area contributed by atoms with Crippen molar-refractivity contribution in [3.8, 4) is 21.1 Å². The molecule has 348 valence electrons. The smallest absolute Gasteiger partial charge is 0.295 e. The average Bonchev–Trinajstić information content (AvgIpc) is 3.90. The summed E-state index contributed by atoms with van der Waals surface area (Å²) in [4.78, 5) is 32.2. The van der Waals surface area contributed by atoms with E-state index >= 15 is 0 Å². The van der Waals surface area contributed by atoms with E-state index in [4.69, 9.17) is 0 Å². The van der Waals surface area contributed by atoms with Crippen molar-refractivity contribution in [2.45, 2.75) is 33.4 Å². The van der Waals surface area contributed by atoms with Gasteiger partial charge in [0.2, 0.25) is 0 Å². The molecule has 0 bridgehead atoms. The number of fused-ring (bicyclic) bond motifs is 2. The molecule has 0 aliphatic carbocycles. The number of aryl methyl sites for hydroxylation is 2. The van der Waals surface area contributed by atoms with E-state index in [0.29, 0.717) is 33.2 Å². The van der Waals surface area contributed by atoms with Crippen molar-refractivity contribution in [3.05, 3.63) is 152 Å². The second-order valence-corrected chi connectivity index (χ2v) is 22.3. The van der Waals surface area contributed by atoms with Crippen LogP contribution in [0.1, 0.15) is 22.3 Å². The van der Waals surface area contributed by atoms with Crippen molar-refractivity contribution in [1.29, 1.82) is 0 Å². The summed E-state index contributed by atoms with van der Waals surface area (Å²) in [6.45, 7) is 2.83. The Morgan fingerprint density at radius 1 is 0.485 bits per heavy atom. The van der Waals surface area contributed by atoms with Crippen LogP contribution in [0.4, 0.5) is 22.7 Å². The monoisotopic (exact) mass is 1030 g/mol. The second-order valence-electron chi connectivity index (χ2n) is 14.7. The first-order chi connectivity index (χ1) is 31.8. The Morgan fingerprint density at radius 3 is 1.18 bits per heavy atom. The quantitative estimate of drug-likeness (QED) is 0.0340. The largest absolute Gasteiger partial charge is 0.353 e. The first-order valence-corrected chi connectivity index (χ1v) is 26.5. The van der Waals surface area contributed by atoms with Gasteiger partial charge in [-0.25, -0.2) is 9.97 Å². The van der Waals surface area contributed by atoms with Gasteiger partial charge in [-0.2, -0.15) is 33.7 Å². The summed E-state index contributed by atoms with van der Waals surface area (Å²) in [5, 5.41) is 0.805. The SMILES string of the molecule is Cc1cc(-c2nc3ccccc3s2)cc(S(=O)(=O)O)c1[N-][N+](=O)c1ccc(C=Cc2ccc([N+](=O)[N-]c3c(C)cc(-c4nc5ccccc5s4)cc3S(=O)(=O)O)cc2S(=O)(=O)O)c(S(=O)(=O)O)c1. The van der Waals surface area contributed by atoms with Crippen LogP contribution in [0, 0.1) is 23.7 Å². The van der Waals surface area contributed by atoms with Crippen molar-refractivity contribution in [3.63, 3.8) is 0 Å². The maximum Gasteiger partial charge on any atom is 0.295 e. The average molecular weight is 1040 g/mol. The Bertz CT molecular complexity index is 3630. The Balaban J connectivity index is 1.07. The van der Waals surface area contributed by atoms with Crippen LogP contribution in [0.15, 0.2) is 129 Å². The van der Waals surface area contributed by atoms with Gasteiger partial charge in [0.15, 0.2) is 0 Å². The lowest BCUT2D eigenvalue weighted by atomic mass is 10.1. The van der Waals surface area contributed by atoms with E-state index in [9.17, 15) is 61.7 Å². The number of thiazole rings is 2. The molecule has 0 fully saturated rings. The molecule has 0 amide bonds. The number of hydrogen-bond acceptors (Lipinski definition) is 14. The third kappa shape index (κ3) is 9.95. The summed E-state index contributed by atoms with van der Waals surface area (Å²) >= 11 is 2.49. The Labute approximate surface area is 394 Å². The highest BCUT2D eigenvalue weighted by atomic mass is 32.2. The van der Waals surface area contributed by atoms with Crippen LogP contribution >= 0.6 is 22.7 Å². The van der Waals surface area contributed by atoms with Crippen LogP contribution < -0.4 is 0 Å². The van der Waals surface area contributed by atoms with Gasteiger partial charge < -0.3 is 10.9 Å². The molecule has 0 spiro atoms. The fourth-order valence-corrected chi connectivity index (χ4v) is 11.6. The first-order valence-electron chi connectivity index (χ1n) is 19.1. The molecule has 0 aliphatic rings. The molecule has 6 aromatic carbocycles. The summed E-state index contributed by atoms with van der Waals surface area (Å²) in [6, 6.07) is 24.8. The molecule has 26 heteroatoms. The number of benzene rings is 6. The Morgan fingerprint density at radius 2 is 0.838 bits per heavy atom. The highest BCUT2D eigenvalue weighted by Crippen LogP contribution is 2.42. The van der Waals surface area contributed by atoms with E-state index in [1.807, 2.05) is 12.1 Å². The van der Waals surface area contributed by atoms with Crippen molar-refractivity contribution >= 4 is 118 Å². The standard InChI is InChI=1S/C42H30N6O14S6/c1-23-17-27(41-43-31-7-3-5-9-33(31)63-41)19-37(67(57,58)59)39(23)45-47(49)29-15-13-25(35(21-29)65(51,52)53)11-12-26-14-16-30(22-36(26)66(54,55)56)48(50)46-40-24(2)18-28(20-38(40)68(60,61)62)42-44-32-8-4-6-10-34(32)64-42/h3-22H,1-2H3,(H,51,52,53)(H,54,55,56)(H,57,58,59)(H,60,61,62). The predicted octanol–water partition coefficient (Wildman–Crippen LogP) is 10.1. The zero-order valence-corrected chi connectivity index (χ0v) is 39.5. The van der Waals surface area contributed by atoms with Crippen molar-refractivity contribution in [2.75, 3.05) is 0 Å². The fourth-order valence-electron chi connectivity index (χ4n) is 6.87. The molecule has 8 rings (SSSR count). The molecule has 0 aliphatic heterocycles. The molecule has 0 saturated heterocycles. The minimum absolute atomic E-state index is 0.104. The third-order valence-corrected chi connectivity index (χ3v) is 15.7. The predicted molar refractivity (Wildman–Crippen MR) is 253 cm³/mol. The van der Waals surface area contributed by atoms with E-state index in [1.54, 1.807) is 36.4 Å². The molecule has 68 heavy (non-hydrogen) atoms. The van der Waals surface area contributed by atoms with E-state index in [1.165, 1.54) is 48.7 Å². The van der Waals surface area contributed by atoms with Crippen LogP contribution in [-0.2, 0) is 40.5 Å². The lowest BCUT2D eigenvalue weighted by molar-refractivity contribution is -0.401. The second kappa shape index (κ2) is 17.7. The third-order valence-electron chi connectivity index (χ3n) is 9.98. The van der Waals surface area contributed by atoms with Gasteiger partial charge in [0.25, 0.3) is 51.8 Å². The number of hydrogen-bond donors (Lipinski definition) is 4. The molecule has 20 nitrogen and oxygen atoms in total. The molecule has 0 unspecified atom stereocenters. The summed E-state index contributed by atoms with van der Waals surface area (Å²) in [5.74, 6) is 0. The Kier molecular flexibility index (Phi) is 12.5. The van der Waals surface area contributed by atoms with Gasteiger partial charge in [0.1, 0.15) is 19.8 Å². The molecule has 0 radical (unpaired) electrons.